The molecule has 0 bridgehead atoms. The summed E-state index contributed by atoms with van der Waals surface area (Å²) in [4.78, 5) is 20.7. The number of piperidine rings is 1. The first kappa shape index (κ1) is 30.9. The first-order valence-electron chi connectivity index (χ1n) is 11.0. The van der Waals surface area contributed by atoms with Gasteiger partial charge in [-0.3, -0.25) is 4.79 Å². The molecule has 0 atom stereocenters. The lowest BCUT2D eigenvalue weighted by molar-refractivity contribution is -0.126. The van der Waals surface area contributed by atoms with Crippen LogP contribution in [0.15, 0.2) is 24.3 Å². The third-order valence-electron chi connectivity index (χ3n) is 6.64. The van der Waals surface area contributed by atoms with Crippen molar-refractivity contribution in [1.29, 1.82) is 0 Å². The fourth-order valence-corrected chi connectivity index (χ4v) is 4.92. The van der Waals surface area contributed by atoms with Crippen LogP contribution in [0.2, 0.25) is 5.02 Å². The van der Waals surface area contributed by atoms with Gasteiger partial charge in [0.2, 0.25) is 0 Å². The number of nitrogens with zero attached hydrogens (tertiary/aromatic N) is 3. The van der Waals surface area contributed by atoms with E-state index >= 15 is 0 Å². The van der Waals surface area contributed by atoms with E-state index in [0.717, 1.165) is 49.5 Å². The predicted octanol–water partition coefficient (Wildman–Crippen LogP) is 4.95. The summed E-state index contributed by atoms with van der Waals surface area (Å²) < 4.78 is 0. The summed E-state index contributed by atoms with van der Waals surface area (Å²) in [6, 6.07) is 8.00. The van der Waals surface area contributed by atoms with Gasteiger partial charge in [-0.05, 0) is 76.6 Å². The minimum atomic E-state index is -0.338. The Balaban J connectivity index is 0.00000300. The minimum absolute atomic E-state index is 0. The zero-order valence-electron chi connectivity index (χ0n) is 18.9. The fraction of sp³-hybridized carbons (Fsp3) is 0.696. The molecular formula is C23H39Cl4N3O. The van der Waals surface area contributed by atoms with Gasteiger partial charge in [-0.1, -0.05) is 30.7 Å². The summed E-state index contributed by atoms with van der Waals surface area (Å²) in [7, 11) is 2.21. The number of ketones is 1. The van der Waals surface area contributed by atoms with Gasteiger partial charge in [-0.2, -0.15) is 0 Å². The molecule has 1 aromatic rings. The third kappa shape index (κ3) is 8.33. The number of likely N-dealkylation sites (N-methyl/N-ethyl adjacent to an activating group) is 1. The molecule has 0 saturated carbocycles. The summed E-state index contributed by atoms with van der Waals surface area (Å²) in [5.41, 5.74) is 0.782. The van der Waals surface area contributed by atoms with Crippen molar-refractivity contribution in [3.05, 3.63) is 34.9 Å². The monoisotopic (exact) mass is 513 g/mol. The van der Waals surface area contributed by atoms with Crippen LogP contribution in [0.25, 0.3) is 0 Å². The van der Waals surface area contributed by atoms with Gasteiger partial charge >= 0.3 is 0 Å². The second-order valence-electron chi connectivity index (χ2n) is 8.61. The van der Waals surface area contributed by atoms with Crippen molar-refractivity contribution < 1.29 is 4.79 Å². The molecular weight excluding hydrogens is 476 g/mol. The lowest BCUT2D eigenvalue weighted by Crippen LogP contribution is -2.48. The lowest BCUT2D eigenvalue weighted by Gasteiger charge is -2.41. The van der Waals surface area contributed by atoms with Gasteiger partial charge in [-0.25, -0.2) is 0 Å². The van der Waals surface area contributed by atoms with Crippen LogP contribution in [0.3, 0.4) is 0 Å². The van der Waals surface area contributed by atoms with E-state index in [1.807, 2.05) is 18.2 Å². The highest BCUT2D eigenvalue weighted by Crippen LogP contribution is 2.38. The summed E-state index contributed by atoms with van der Waals surface area (Å²) in [5.74, 6) is 0.398. The average Bonchev–Trinajstić information content (AvgIpc) is 2.70. The highest BCUT2D eigenvalue weighted by molar-refractivity contribution is 6.30. The number of hydrogen-bond acceptors (Lipinski definition) is 4. The highest BCUT2D eigenvalue weighted by Gasteiger charge is 2.41. The second kappa shape index (κ2) is 15.0. The van der Waals surface area contributed by atoms with E-state index in [1.54, 1.807) is 0 Å². The highest BCUT2D eigenvalue weighted by atomic mass is 35.5. The molecule has 0 aliphatic carbocycles. The number of halogens is 4. The van der Waals surface area contributed by atoms with E-state index in [0.29, 0.717) is 12.2 Å². The maximum atomic E-state index is 13.1. The standard InChI is InChI=1S/C23H36ClN3O.3ClH/c1-3-6-22(28)23(20-7-4-8-21(24)19-20)9-13-26(14-10-23)11-5-12-27-17-15-25(2)16-18-27;;;/h4,7-8,19H,3,5-6,9-18H2,1-2H3;3*1H. The summed E-state index contributed by atoms with van der Waals surface area (Å²) in [6.45, 7) is 11.2. The van der Waals surface area contributed by atoms with E-state index in [1.165, 1.54) is 39.1 Å². The number of carbonyl (C=O) groups excluding carboxylic acids is 1. The molecule has 1 aromatic carbocycles. The van der Waals surface area contributed by atoms with Gasteiger partial charge in [0.05, 0.1) is 5.41 Å². The summed E-state index contributed by atoms with van der Waals surface area (Å²) >= 11 is 6.26. The van der Waals surface area contributed by atoms with E-state index in [-0.39, 0.29) is 42.6 Å². The molecule has 0 spiro atoms. The Morgan fingerprint density at radius 1 is 0.968 bits per heavy atom. The number of hydrogen-bond donors (Lipinski definition) is 0. The van der Waals surface area contributed by atoms with Crippen LogP contribution in [0.1, 0.15) is 44.6 Å². The van der Waals surface area contributed by atoms with Crippen molar-refractivity contribution in [3.8, 4) is 0 Å². The molecule has 31 heavy (non-hydrogen) atoms. The van der Waals surface area contributed by atoms with Gasteiger partial charge < -0.3 is 14.7 Å². The maximum Gasteiger partial charge on any atom is 0.143 e. The van der Waals surface area contributed by atoms with Crippen molar-refractivity contribution in [2.24, 2.45) is 0 Å². The van der Waals surface area contributed by atoms with E-state index in [4.69, 9.17) is 11.6 Å². The van der Waals surface area contributed by atoms with Gasteiger partial charge in [0.25, 0.3) is 0 Å². The largest absolute Gasteiger partial charge is 0.304 e. The molecule has 8 heteroatoms. The zero-order valence-corrected chi connectivity index (χ0v) is 22.1. The molecule has 2 aliphatic heterocycles. The van der Waals surface area contributed by atoms with Gasteiger partial charge in [0.1, 0.15) is 5.78 Å². The Morgan fingerprint density at radius 3 is 2.10 bits per heavy atom. The molecule has 0 amide bonds. The average molecular weight is 515 g/mol. The summed E-state index contributed by atoms with van der Waals surface area (Å²) in [5, 5.41) is 0.732. The normalized spacial score (nSPS) is 19.6. The Hall–Kier alpha value is -0.0700. The van der Waals surface area contributed by atoms with Crippen molar-refractivity contribution in [2.45, 2.75) is 44.4 Å². The topological polar surface area (TPSA) is 26.8 Å². The van der Waals surface area contributed by atoms with Crippen LogP contribution in [-0.2, 0) is 10.2 Å². The number of Topliss-reactive ketones (excluding diaryl/α,β-unsaturated/α-hetero) is 1. The van der Waals surface area contributed by atoms with Crippen LogP contribution in [-0.4, -0.2) is 79.9 Å². The van der Waals surface area contributed by atoms with E-state index in [9.17, 15) is 4.79 Å². The van der Waals surface area contributed by atoms with Gasteiger partial charge in [-0.15, -0.1) is 37.2 Å². The van der Waals surface area contributed by atoms with E-state index < -0.39 is 0 Å². The van der Waals surface area contributed by atoms with Crippen molar-refractivity contribution in [3.63, 3.8) is 0 Å². The number of benzene rings is 1. The molecule has 2 heterocycles. The molecule has 0 unspecified atom stereocenters. The third-order valence-corrected chi connectivity index (χ3v) is 6.88. The van der Waals surface area contributed by atoms with Gasteiger partial charge in [0.15, 0.2) is 0 Å². The van der Waals surface area contributed by atoms with Crippen molar-refractivity contribution >= 4 is 54.6 Å². The molecule has 2 fully saturated rings. The number of piperazine rings is 1. The Labute approximate surface area is 212 Å². The Kier molecular flexibility index (Phi) is 14.9. The Morgan fingerprint density at radius 2 is 1.55 bits per heavy atom. The quantitative estimate of drug-likeness (QED) is 0.490. The molecule has 0 radical (unpaired) electrons. The predicted molar refractivity (Wildman–Crippen MR) is 139 cm³/mol. The molecule has 180 valence electrons. The molecule has 2 aliphatic rings. The zero-order chi connectivity index (χ0) is 20.0. The van der Waals surface area contributed by atoms with Crippen molar-refractivity contribution in [1.82, 2.24) is 14.7 Å². The first-order chi connectivity index (χ1) is 13.5. The van der Waals surface area contributed by atoms with Crippen molar-refractivity contribution in [2.75, 3.05) is 59.4 Å². The number of rotatable bonds is 8. The van der Waals surface area contributed by atoms with Crippen LogP contribution in [0.4, 0.5) is 0 Å². The first-order valence-corrected chi connectivity index (χ1v) is 11.3. The van der Waals surface area contributed by atoms with Crippen LogP contribution >= 0.6 is 48.8 Å². The molecule has 0 aromatic heterocycles. The fourth-order valence-electron chi connectivity index (χ4n) is 4.73. The molecule has 0 N–H and O–H groups in total. The smallest absolute Gasteiger partial charge is 0.143 e. The SMILES string of the molecule is CCCC(=O)C1(c2cccc(Cl)c2)CCN(CCCN2CCN(C)CC2)CC1.Cl.Cl.Cl. The van der Waals surface area contributed by atoms with Crippen LogP contribution < -0.4 is 0 Å². The molecule has 4 nitrogen and oxygen atoms in total. The number of carbonyl (C=O) groups is 1. The Bertz CT molecular complexity index is 645. The molecule has 3 rings (SSSR count). The van der Waals surface area contributed by atoms with E-state index in [2.05, 4.69) is 34.7 Å². The molecule has 2 saturated heterocycles. The maximum absolute atomic E-state index is 13.1. The minimum Gasteiger partial charge on any atom is -0.304 e. The number of likely N-dealkylation sites (tertiary alicyclic amines) is 1. The summed E-state index contributed by atoms with van der Waals surface area (Å²) in [6.07, 6.45) is 4.63. The second-order valence-corrected chi connectivity index (χ2v) is 9.04. The van der Waals surface area contributed by atoms with Crippen LogP contribution in [0, 0.1) is 0 Å². The lowest BCUT2D eigenvalue weighted by atomic mass is 9.68. The van der Waals surface area contributed by atoms with Gasteiger partial charge in [0, 0.05) is 37.6 Å². The van der Waals surface area contributed by atoms with Crippen LogP contribution in [0.5, 0.6) is 0 Å².